The van der Waals surface area contributed by atoms with Crippen LogP contribution in [0.3, 0.4) is 0 Å². The van der Waals surface area contributed by atoms with Crippen LogP contribution in [-0.4, -0.2) is 37.1 Å². The van der Waals surface area contributed by atoms with E-state index in [1.165, 1.54) is 13.0 Å². The molecule has 0 aromatic heterocycles. The Kier molecular flexibility index (Phi) is 7.54. The SMILES string of the molecule is CCN(C)C1(C)CCNC1.Cl.Cl. The summed E-state index contributed by atoms with van der Waals surface area (Å²) in [5, 5.41) is 3.39. The van der Waals surface area contributed by atoms with E-state index >= 15 is 0 Å². The molecule has 4 heteroatoms. The van der Waals surface area contributed by atoms with Gasteiger partial charge in [-0.25, -0.2) is 0 Å². The van der Waals surface area contributed by atoms with E-state index in [1.54, 1.807) is 0 Å². The molecule has 1 aliphatic rings. The van der Waals surface area contributed by atoms with Gasteiger partial charge in [0.1, 0.15) is 0 Å². The molecule has 1 heterocycles. The van der Waals surface area contributed by atoms with E-state index < -0.39 is 0 Å². The van der Waals surface area contributed by atoms with Gasteiger partial charge in [0.25, 0.3) is 0 Å². The van der Waals surface area contributed by atoms with Crippen LogP contribution in [0.25, 0.3) is 0 Å². The maximum Gasteiger partial charge on any atom is 0.0314 e. The Hall–Kier alpha value is 0.500. The standard InChI is InChI=1S/C8H18N2.2ClH/c1-4-10(3)8(2)5-6-9-7-8;;/h9H,4-7H2,1-3H3;2*1H. The average molecular weight is 215 g/mol. The lowest BCUT2D eigenvalue weighted by Gasteiger charge is -2.33. The zero-order chi connectivity index (χ0) is 7.61. The first-order chi connectivity index (χ1) is 4.69. The van der Waals surface area contributed by atoms with Crippen LogP contribution in [0.4, 0.5) is 0 Å². The van der Waals surface area contributed by atoms with E-state index in [1.807, 2.05) is 0 Å². The molecule has 1 rings (SSSR count). The molecule has 0 amide bonds. The van der Waals surface area contributed by atoms with E-state index in [9.17, 15) is 0 Å². The predicted molar refractivity (Wildman–Crippen MR) is 58.7 cm³/mol. The zero-order valence-electron chi connectivity index (χ0n) is 8.09. The van der Waals surface area contributed by atoms with E-state index in [0.29, 0.717) is 5.54 Å². The third-order valence-electron chi connectivity index (χ3n) is 2.74. The fourth-order valence-corrected chi connectivity index (χ4v) is 1.51. The van der Waals surface area contributed by atoms with Gasteiger partial charge in [0, 0.05) is 12.1 Å². The molecule has 1 unspecified atom stereocenters. The van der Waals surface area contributed by atoms with Gasteiger partial charge in [-0.3, -0.25) is 4.90 Å². The highest BCUT2D eigenvalue weighted by molar-refractivity contribution is 5.85. The summed E-state index contributed by atoms with van der Waals surface area (Å²) in [6.45, 7) is 8.02. The number of hydrogen-bond donors (Lipinski definition) is 1. The summed E-state index contributed by atoms with van der Waals surface area (Å²) in [4.78, 5) is 2.42. The lowest BCUT2D eigenvalue weighted by atomic mass is 10.00. The molecule has 12 heavy (non-hydrogen) atoms. The Morgan fingerprint density at radius 2 is 2.00 bits per heavy atom. The van der Waals surface area contributed by atoms with Gasteiger partial charge < -0.3 is 5.32 Å². The lowest BCUT2D eigenvalue weighted by Crippen LogP contribution is -2.45. The highest BCUT2D eigenvalue weighted by Crippen LogP contribution is 2.19. The first kappa shape index (κ1) is 15.0. The smallest absolute Gasteiger partial charge is 0.0314 e. The molecule has 1 fully saturated rings. The molecular weight excluding hydrogens is 195 g/mol. The van der Waals surface area contributed by atoms with Crippen LogP contribution < -0.4 is 5.32 Å². The quantitative estimate of drug-likeness (QED) is 0.751. The first-order valence-corrected chi connectivity index (χ1v) is 4.11. The van der Waals surface area contributed by atoms with Crippen molar-refractivity contribution in [1.29, 1.82) is 0 Å². The van der Waals surface area contributed by atoms with Crippen molar-refractivity contribution in [2.45, 2.75) is 25.8 Å². The van der Waals surface area contributed by atoms with Crippen LogP contribution in [0, 0.1) is 0 Å². The molecule has 0 saturated carbocycles. The Morgan fingerprint density at radius 3 is 2.33 bits per heavy atom. The molecular formula is C8H20Cl2N2. The Balaban J connectivity index is 0. The van der Waals surface area contributed by atoms with Gasteiger partial charge in [0.15, 0.2) is 0 Å². The predicted octanol–water partition coefficient (Wildman–Crippen LogP) is 1.53. The Labute approximate surface area is 87.9 Å². The monoisotopic (exact) mass is 214 g/mol. The molecule has 0 aliphatic carbocycles. The Morgan fingerprint density at radius 1 is 1.42 bits per heavy atom. The Bertz CT molecular complexity index is 114. The molecule has 0 aromatic rings. The van der Waals surface area contributed by atoms with Crippen LogP contribution in [-0.2, 0) is 0 Å². The van der Waals surface area contributed by atoms with Crippen LogP contribution in [0.1, 0.15) is 20.3 Å². The molecule has 76 valence electrons. The first-order valence-electron chi connectivity index (χ1n) is 4.11. The van der Waals surface area contributed by atoms with E-state index in [4.69, 9.17) is 0 Å². The molecule has 0 aromatic carbocycles. The molecule has 1 atom stereocenters. The van der Waals surface area contributed by atoms with E-state index in [0.717, 1.165) is 13.1 Å². The fourth-order valence-electron chi connectivity index (χ4n) is 1.51. The van der Waals surface area contributed by atoms with Crippen molar-refractivity contribution in [2.75, 3.05) is 26.7 Å². The topological polar surface area (TPSA) is 15.3 Å². The number of hydrogen-bond acceptors (Lipinski definition) is 2. The molecule has 1 saturated heterocycles. The van der Waals surface area contributed by atoms with E-state index in [2.05, 4.69) is 31.1 Å². The number of halogens is 2. The third kappa shape index (κ3) is 3.09. The van der Waals surface area contributed by atoms with Crippen molar-refractivity contribution in [1.82, 2.24) is 10.2 Å². The molecule has 0 spiro atoms. The largest absolute Gasteiger partial charge is 0.315 e. The third-order valence-corrected chi connectivity index (χ3v) is 2.74. The van der Waals surface area contributed by atoms with E-state index in [-0.39, 0.29) is 24.8 Å². The minimum absolute atomic E-state index is 0. The van der Waals surface area contributed by atoms with Crippen molar-refractivity contribution < 1.29 is 0 Å². The lowest BCUT2D eigenvalue weighted by molar-refractivity contribution is 0.165. The summed E-state index contributed by atoms with van der Waals surface area (Å²) in [6, 6.07) is 0. The van der Waals surface area contributed by atoms with Crippen molar-refractivity contribution in [3.63, 3.8) is 0 Å². The van der Waals surface area contributed by atoms with Crippen LogP contribution >= 0.6 is 24.8 Å². The van der Waals surface area contributed by atoms with Crippen molar-refractivity contribution >= 4 is 24.8 Å². The van der Waals surface area contributed by atoms with Gasteiger partial charge in [-0.2, -0.15) is 0 Å². The molecule has 1 N–H and O–H groups in total. The molecule has 1 aliphatic heterocycles. The highest BCUT2D eigenvalue weighted by atomic mass is 35.5. The normalized spacial score (nSPS) is 28.0. The summed E-state index contributed by atoms with van der Waals surface area (Å²) < 4.78 is 0. The highest BCUT2D eigenvalue weighted by Gasteiger charge is 2.31. The fraction of sp³-hybridized carbons (Fsp3) is 1.00. The number of nitrogens with zero attached hydrogens (tertiary/aromatic N) is 1. The minimum Gasteiger partial charge on any atom is -0.315 e. The van der Waals surface area contributed by atoms with Crippen LogP contribution in [0.5, 0.6) is 0 Å². The van der Waals surface area contributed by atoms with Gasteiger partial charge in [-0.15, -0.1) is 24.8 Å². The number of nitrogens with one attached hydrogen (secondary N) is 1. The van der Waals surface area contributed by atoms with Gasteiger partial charge in [-0.1, -0.05) is 6.92 Å². The van der Waals surface area contributed by atoms with Crippen molar-refractivity contribution in [3.05, 3.63) is 0 Å². The van der Waals surface area contributed by atoms with Crippen LogP contribution in [0.2, 0.25) is 0 Å². The second-order valence-electron chi connectivity index (χ2n) is 3.44. The molecule has 0 bridgehead atoms. The van der Waals surface area contributed by atoms with Crippen molar-refractivity contribution in [2.24, 2.45) is 0 Å². The minimum atomic E-state index is 0. The van der Waals surface area contributed by atoms with Crippen LogP contribution in [0.15, 0.2) is 0 Å². The summed E-state index contributed by atoms with van der Waals surface area (Å²) in [5.74, 6) is 0. The second kappa shape index (κ2) is 6.03. The summed E-state index contributed by atoms with van der Waals surface area (Å²) in [6.07, 6.45) is 1.29. The number of likely N-dealkylation sites (N-methyl/N-ethyl adjacent to an activating group) is 1. The zero-order valence-corrected chi connectivity index (χ0v) is 9.73. The molecule has 2 nitrogen and oxygen atoms in total. The van der Waals surface area contributed by atoms with Gasteiger partial charge in [-0.05, 0) is 33.5 Å². The van der Waals surface area contributed by atoms with Gasteiger partial charge in [0.05, 0.1) is 0 Å². The molecule has 0 radical (unpaired) electrons. The maximum absolute atomic E-state index is 3.39. The summed E-state index contributed by atoms with van der Waals surface area (Å²) >= 11 is 0. The summed E-state index contributed by atoms with van der Waals surface area (Å²) in [7, 11) is 2.20. The van der Waals surface area contributed by atoms with Gasteiger partial charge in [0.2, 0.25) is 0 Å². The van der Waals surface area contributed by atoms with Crippen molar-refractivity contribution in [3.8, 4) is 0 Å². The summed E-state index contributed by atoms with van der Waals surface area (Å²) in [5.41, 5.74) is 0.425. The average Bonchev–Trinajstić information content (AvgIpc) is 2.36. The van der Waals surface area contributed by atoms with Gasteiger partial charge >= 0.3 is 0 Å². The maximum atomic E-state index is 3.39. The number of rotatable bonds is 2. The second-order valence-corrected chi connectivity index (χ2v) is 3.44.